The van der Waals surface area contributed by atoms with Crippen LogP contribution in [0.25, 0.3) is 11.5 Å². The molecule has 1 aromatic heterocycles. The molecule has 0 aliphatic heterocycles. The van der Waals surface area contributed by atoms with Gasteiger partial charge in [-0.2, -0.15) is 4.98 Å². The zero-order chi connectivity index (χ0) is 13.9. The lowest BCUT2D eigenvalue weighted by Crippen LogP contribution is -2.16. The maximum Gasteiger partial charge on any atom is 0.261 e. The first kappa shape index (κ1) is 12.9. The Morgan fingerprint density at radius 1 is 1.30 bits per heavy atom. The highest BCUT2D eigenvalue weighted by atomic mass is 16.5. The molecule has 1 fully saturated rings. The SMILES string of the molecule is COc1ccc(OC)c(-c2nc(CNC3CC3)no2)c1. The van der Waals surface area contributed by atoms with Crippen molar-refractivity contribution < 1.29 is 14.0 Å². The van der Waals surface area contributed by atoms with Crippen LogP contribution in [-0.2, 0) is 6.54 Å². The molecule has 3 rings (SSSR count). The number of rotatable bonds is 6. The van der Waals surface area contributed by atoms with E-state index in [4.69, 9.17) is 14.0 Å². The first-order valence-corrected chi connectivity index (χ1v) is 6.58. The largest absolute Gasteiger partial charge is 0.497 e. The van der Waals surface area contributed by atoms with Gasteiger partial charge in [0, 0.05) is 6.04 Å². The molecule has 0 unspecified atom stereocenters. The molecular weight excluding hydrogens is 258 g/mol. The number of hydrogen-bond donors (Lipinski definition) is 1. The smallest absolute Gasteiger partial charge is 0.261 e. The van der Waals surface area contributed by atoms with E-state index in [1.54, 1.807) is 14.2 Å². The third-order valence-corrected chi connectivity index (χ3v) is 3.23. The summed E-state index contributed by atoms with van der Waals surface area (Å²) in [6.45, 7) is 0.625. The standard InChI is InChI=1S/C14H17N3O3/c1-18-10-5-6-12(19-2)11(7-10)14-16-13(17-20-14)8-15-9-3-4-9/h5-7,9,15H,3-4,8H2,1-2H3. The normalized spacial score (nSPS) is 14.3. The lowest BCUT2D eigenvalue weighted by Gasteiger charge is -2.06. The van der Waals surface area contributed by atoms with Crippen LogP contribution in [0.5, 0.6) is 11.5 Å². The van der Waals surface area contributed by atoms with Crippen molar-refractivity contribution in [2.45, 2.75) is 25.4 Å². The van der Waals surface area contributed by atoms with E-state index in [1.165, 1.54) is 12.8 Å². The topological polar surface area (TPSA) is 69.4 Å². The lowest BCUT2D eigenvalue weighted by molar-refractivity contribution is 0.395. The van der Waals surface area contributed by atoms with E-state index in [9.17, 15) is 0 Å². The number of nitrogens with one attached hydrogen (secondary N) is 1. The van der Waals surface area contributed by atoms with Gasteiger partial charge in [0.2, 0.25) is 0 Å². The van der Waals surface area contributed by atoms with Gasteiger partial charge in [-0.05, 0) is 31.0 Å². The van der Waals surface area contributed by atoms with Crippen LogP contribution < -0.4 is 14.8 Å². The van der Waals surface area contributed by atoms with Crippen LogP contribution in [0, 0.1) is 0 Å². The summed E-state index contributed by atoms with van der Waals surface area (Å²) in [5, 5.41) is 7.33. The average molecular weight is 275 g/mol. The van der Waals surface area contributed by atoms with Crippen LogP contribution >= 0.6 is 0 Å². The van der Waals surface area contributed by atoms with Gasteiger partial charge in [-0.25, -0.2) is 0 Å². The van der Waals surface area contributed by atoms with Crippen molar-refractivity contribution in [2.75, 3.05) is 14.2 Å². The van der Waals surface area contributed by atoms with Gasteiger partial charge in [0.25, 0.3) is 5.89 Å². The fourth-order valence-electron chi connectivity index (χ4n) is 1.94. The van der Waals surface area contributed by atoms with Crippen LogP contribution in [0.2, 0.25) is 0 Å². The minimum atomic E-state index is 0.438. The van der Waals surface area contributed by atoms with Gasteiger partial charge in [-0.3, -0.25) is 0 Å². The van der Waals surface area contributed by atoms with E-state index in [-0.39, 0.29) is 0 Å². The van der Waals surface area contributed by atoms with Crippen molar-refractivity contribution in [3.05, 3.63) is 24.0 Å². The zero-order valence-corrected chi connectivity index (χ0v) is 11.5. The molecule has 0 amide bonds. The van der Waals surface area contributed by atoms with Gasteiger partial charge in [-0.1, -0.05) is 5.16 Å². The van der Waals surface area contributed by atoms with E-state index in [1.807, 2.05) is 18.2 Å². The second kappa shape index (κ2) is 5.50. The third kappa shape index (κ3) is 2.75. The third-order valence-electron chi connectivity index (χ3n) is 3.23. The maximum absolute atomic E-state index is 5.32. The summed E-state index contributed by atoms with van der Waals surface area (Å²) < 4.78 is 15.8. The first-order chi connectivity index (χ1) is 9.80. The second-order valence-electron chi connectivity index (χ2n) is 4.74. The van der Waals surface area contributed by atoms with E-state index in [0.717, 1.165) is 11.3 Å². The van der Waals surface area contributed by atoms with Crippen molar-refractivity contribution in [2.24, 2.45) is 0 Å². The Kier molecular flexibility index (Phi) is 3.56. The van der Waals surface area contributed by atoms with Gasteiger partial charge in [0.05, 0.1) is 26.3 Å². The van der Waals surface area contributed by atoms with Crippen molar-refractivity contribution >= 4 is 0 Å². The number of methoxy groups -OCH3 is 2. The molecule has 2 aromatic rings. The second-order valence-corrected chi connectivity index (χ2v) is 4.74. The molecule has 0 bridgehead atoms. The maximum atomic E-state index is 5.32. The minimum Gasteiger partial charge on any atom is -0.497 e. The van der Waals surface area contributed by atoms with Crippen molar-refractivity contribution in [1.82, 2.24) is 15.5 Å². The van der Waals surface area contributed by atoms with Gasteiger partial charge in [0.1, 0.15) is 11.5 Å². The molecule has 1 aliphatic carbocycles. The predicted molar refractivity (Wildman–Crippen MR) is 72.7 cm³/mol. The summed E-state index contributed by atoms with van der Waals surface area (Å²) in [4.78, 5) is 4.39. The van der Waals surface area contributed by atoms with E-state index >= 15 is 0 Å². The number of nitrogens with zero attached hydrogens (tertiary/aromatic N) is 2. The first-order valence-electron chi connectivity index (χ1n) is 6.58. The summed E-state index contributed by atoms with van der Waals surface area (Å²) in [7, 11) is 3.22. The summed E-state index contributed by atoms with van der Waals surface area (Å²) in [6.07, 6.45) is 2.46. The van der Waals surface area contributed by atoms with Gasteiger partial charge in [-0.15, -0.1) is 0 Å². The predicted octanol–water partition coefficient (Wildman–Crippen LogP) is 2.01. The minimum absolute atomic E-state index is 0.438. The Balaban J connectivity index is 1.83. The summed E-state index contributed by atoms with van der Waals surface area (Å²) in [5.74, 6) is 2.48. The summed E-state index contributed by atoms with van der Waals surface area (Å²) in [5.41, 5.74) is 0.733. The van der Waals surface area contributed by atoms with Crippen LogP contribution in [0.1, 0.15) is 18.7 Å². The van der Waals surface area contributed by atoms with Crippen LogP contribution in [0.4, 0.5) is 0 Å². The quantitative estimate of drug-likeness (QED) is 0.869. The zero-order valence-electron chi connectivity index (χ0n) is 11.5. The Labute approximate surface area is 117 Å². The molecule has 1 N–H and O–H groups in total. The molecule has 0 atom stereocenters. The van der Waals surface area contributed by atoms with E-state index in [2.05, 4.69) is 15.5 Å². The lowest BCUT2D eigenvalue weighted by atomic mass is 10.2. The Hall–Kier alpha value is -2.08. The fraction of sp³-hybridized carbons (Fsp3) is 0.429. The monoisotopic (exact) mass is 275 g/mol. The summed E-state index contributed by atoms with van der Waals surface area (Å²) >= 11 is 0. The molecule has 1 aromatic carbocycles. The van der Waals surface area contributed by atoms with Gasteiger partial charge < -0.3 is 19.3 Å². The molecule has 0 radical (unpaired) electrons. The molecule has 6 heteroatoms. The van der Waals surface area contributed by atoms with Crippen molar-refractivity contribution in [3.8, 4) is 23.0 Å². The van der Waals surface area contributed by atoms with Crippen LogP contribution in [0.3, 0.4) is 0 Å². The van der Waals surface area contributed by atoms with E-state index in [0.29, 0.717) is 30.1 Å². The number of hydrogen-bond acceptors (Lipinski definition) is 6. The molecule has 1 aliphatic rings. The molecule has 1 heterocycles. The fourth-order valence-corrected chi connectivity index (χ4v) is 1.94. The molecule has 20 heavy (non-hydrogen) atoms. The highest BCUT2D eigenvalue weighted by molar-refractivity contribution is 5.65. The molecule has 0 spiro atoms. The molecule has 0 saturated heterocycles. The Morgan fingerprint density at radius 3 is 2.85 bits per heavy atom. The van der Waals surface area contributed by atoms with Crippen LogP contribution in [0.15, 0.2) is 22.7 Å². The van der Waals surface area contributed by atoms with Gasteiger partial charge >= 0.3 is 0 Å². The number of aromatic nitrogens is 2. The average Bonchev–Trinajstić information content (AvgIpc) is 3.21. The van der Waals surface area contributed by atoms with E-state index < -0.39 is 0 Å². The Morgan fingerprint density at radius 2 is 2.15 bits per heavy atom. The van der Waals surface area contributed by atoms with Crippen LogP contribution in [-0.4, -0.2) is 30.4 Å². The summed E-state index contributed by atoms with van der Waals surface area (Å²) in [6, 6.07) is 6.09. The van der Waals surface area contributed by atoms with Crippen molar-refractivity contribution in [1.29, 1.82) is 0 Å². The number of benzene rings is 1. The number of ether oxygens (including phenoxy) is 2. The molecule has 106 valence electrons. The van der Waals surface area contributed by atoms with Gasteiger partial charge in [0.15, 0.2) is 5.82 Å². The molecule has 6 nitrogen and oxygen atoms in total. The molecular formula is C14H17N3O3. The highest BCUT2D eigenvalue weighted by Gasteiger charge is 2.21. The molecule has 1 saturated carbocycles. The highest BCUT2D eigenvalue weighted by Crippen LogP contribution is 2.32. The van der Waals surface area contributed by atoms with Crippen molar-refractivity contribution in [3.63, 3.8) is 0 Å². The Bertz CT molecular complexity index is 593.